The maximum atomic E-state index is 12.6. The molecule has 0 unspecified atom stereocenters. The lowest BCUT2D eigenvalue weighted by Gasteiger charge is -2.35. The van der Waals surface area contributed by atoms with Gasteiger partial charge in [-0.25, -0.2) is 8.42 Å². The van der Waals surface area contributed by atoms with E-state index in [9.17, 15) is 8.42 Å². The van der Waals surface area contributed by atoms with Gasteiger partial charge in [0.25, 0.3) is 0 Å². The molecule has 1 saturated heterocycles. The minimum absolute atomic E-state index is 0.0617. The van der Waals surface area contributed by atoms with Crippen LogP contribution < -0.4 is 5.73 Å². The molecule has 1 fully saturated rings. The van der Waals surface area contributed by atoms with Crippen LogP contribution in [0.4, 0.5) is 0 Å². The zero-order chi connectivity index (χ0) is 13.5. The Balaban J connectivity index is 2.34. The molecule has 18 heavy (non-hydrogen) atoms. The maximum Gasteiger partial charge on any atom is 0.246 e. The molecule has 2 rings (SSSR count). The molecule has 0 aliphatic carbocycles. The monoisotopic (exact) mass is 272 g/mol. The van der Waals surface area contributed by atoms with Crippen molar-refractivity contribution in [2.24, 2.45) is 5.73 Å². The van der Waals surface area contributed by atoms with E-state index in [1.54, 1.807) is 19.9 Å². The lowest BCUT2D eigenvalue weighted by atomic mass is 10.0. The molecule has 0 aromatic carbocycles. The second kappa shape index (κ2) is 4.68. The lowest BCUT2D eigenvalue weighted by Crippen LogP contribution is -2.48. The Morgan fingerprint density at radius 2 is 2.11 bits per heavy atom. The molecule has 1 aromatic heterocycles. The molecule has 102 valence electrons. The number of hydrogen-bond donors (Lipinski definition) is 1. The molecule has 1 aliphatic rings. The van der Waals surface area contributed by atoms with E-state index < -0.39 is 10.0 Å². The quantitative estimate of drug-likeness (QED) is 0.882. The van der Waals surface area contributed by atoms with Crippen molar-refractivity contribution in [2.45, 2.75) is 50.6 Å². The van der Waals surface area contributed by atoms with Crippen molar-refractivity contribution in [3.05, 3.63) is 17.6 Å². The summed E-state index contributed by atoms with van der Waals surface area (Å²) in [6.45, 7) is 5.81. The molecule has 5 nitrogen and oxygen atoms in total. The van der Waals surface area contributed by atoms with Crippen molar-refractivity contribution in [1.82, 2.24) is 4.31 Å². The highest BCUT2D eigenvalue weighted by atomic mass is 32.2. The Kier molecular flexibility index (Phi) is 3.53. The molecule has 6 heteroatoms. The number of aryl methyl sites for hydroxylation is 2. The predicted octanol–water partition coefficient (Wildman–Crippen LogP) is 1.40. The first kappa shape index (κ1) is 13.6. The van der Waals surface area contributed by atoms with Crippen LogP contribution in [0.5, 0.6) is 0 Å². The molecular weight excluding hydrogens is 252 g/mol. The fraction of sp³-hybridized carbons (Fsp3) is 0.667. The highest BCUT2D eigenvalue weighted by molar-refractivity contribution is 7.89. The van der Waals surface area contributed by atoms with Crippen molar-refractivity contribution < 1.29 is 12.8 Å². The fourth-order valence-electron chi connectivity index (χ4n) is 2.53. The first-order valence-electron chi connectivity index (χ1n) is 6.17. The first-order chi connectivity index (χ1) is 8.32. The van der Waals surface area contributed by atoms with Crippen molar-refractivity contribution in [3.63, 3.8) is 0 Å². The van der Waals surface area contributed by atoms with Crippen molar-refractivity contribution in [3.8, 4) is 0 Å². The largest absolute Gasteiger partial charge is 0.465 e. The van der Waals surface area contributed by atoms with Gasteiger partial charge in [-0.15, -0.1) is 0 Å². The first-order valence-corrected chi connectivity index (χ1v) is 7.61. The van der Waals surface area contributed by atoms with Crippen LogP contribution in [0.15, 0.2) is 15.4 Å². The highest BCUT2D eigenvalue weighted by Crippen LogP contribution is 2.28. The van der Waals surface area contributed by atoms with Crippen molar-refractivity contribution >= 4 is 10.0 Å². The third-order valence-electron chi connectivity index (χ3n) is 3.44. The van der Waals surface area contributed by atoms with Gasteiger partial charge in [0.2, 0.25) is 10.0 Å². The van der Waals surface area contributed by atoms with Crippen LogP contribution in [-0.2, 0) is 10.0 Å². The van der Waals surface area contributed by atoms with E-state index in [0.29, 0.717) is 30.9 Å². The van der Waals surface area contributed by atoms with E-state index in [1.165, 1.54) is 4.31 Å². The average Bonchev–Trinajstić information content (AvgIpc) is 2.57. The number of piperidine rings is 1. The average molecular weight is 272 g/mol. The van der Waals surface area contributed by atoms with Crippen LogP contribution in [0.25, 0.3) is 0 Å². The van der Waals surface area contributed by atoms with Crippen molar-refractivity contribution in [1.29, 1.82) is 0 Å². The minimum Gasteiger partial charge on any atom is -0.465 e. The summed E-state index contributed by atoms with van der Waals surface area (Å²) in [7, 11) is -3.46. The fourth-order valence-corrected chi connectivity index (χ4v) is 4.41. The van der Waals surface area contributed by atoms with Crippen molar-refractivity contribution in [2.75, 3.05) is 6.54 Å². The molecule has 0 radical (unpaired) electrons. The van der Waals surface area contributed by atoms with E-state index in [2.05, 4.69) is 0 Å². The molecular formula is C12H20N2O3S. The van der Waals surface area contributed by atoms with Gasteiger partial charge in [0.1, 0.15) is 16.4 Å². The van der Waals surface area contributed by atoms with Gasteiger partial charge < -0.3 is 10.2 Å². The summed E-state index contributed by atoms with van der Waals surface area (Å²) in [5, 5.41) is 0. The summed E-state index contributed by atoms with van der Waals surface area (Å²) in [4.78, 5) is 0.280. The van der Waals surface area contributed by atoms with E-state index in [0.717, 1.165) is 0 Å². The Hall–Kier alpha value is -0.850. The molecule has 1 aliphatic heterocycles. The van der Waals surface area contributed by atoms with Crippen LogP contribution in [0.3, 0.4) is 0 Å². The SMILES string of the molecule is Cc1cc(S(=O)(=O)N2CC[C@@H](N)C[C@@H]2C)c(C)o1. The zero-order valence-electron chi connectivity index (χ0n) is 11.0. The van der Waals surface area contributed by atoms with Gasteiger partial charge in [0.05, 0.1) is 0 Å². The topological polar surface area (TPSA) is 76.5 Å². The van der Waals surface area contributed by atoms with Gasteiger partial charge >= 0.3 is 0 Å². The summed E-state index contributed by atoms with van der Waals surface area (Å²) < 4.78 is 32.0. The number of rotatable bonds is 2. The van der Waals surface area contributed by atoms with Crippen LogP contribution in [-0.4, -0.2) is 31.4 Å². The molecule has 0 amide bonds. The second-order valence-electron chi connectivity index (χ2n) is 5.03. The summed E-state index contributed by atoms with van der Waals surface area (Å²) in [5.41, 5.74) is 5.86. The summed E-state index contributed by atoms with van der Waals surface area (Å²) in [6, 6.07) is 1.62. The third kappa shape index (κ3) is 2.32. The summed E-state index contributed by atoms with van der Waals surface area (Å²) >= 11 is 0. The summed E-state index contributed by atoms with van der Waals surface area (Å²) in [6.07, 6.45) is 1.41. The molecule has 1 aromatic rings. The van der Waals surface area contributed by atoms with E-state index in [4.69, 9.17) is 10.2 Å². The van der Waals surface area contributed by atoms with E-state index >= 15 is 0 Å². The molecule has 2 atom stereocenters. The van der Waals surface area contributed by atoms with Crippen LogP contribution in [0.2, 0.25) is 0 Å². The smallest absolute Gasteiger partial charge is 0.246 e. The zero-order valence-corrected chi connectivity index (χ0v) is 11.8. The van der Waals surface area contributed by atoms with Crippen LogP contribution in [0.1, 0.15) is 31.3 Å². The predicted molar refractivity (Wildman–Crippen MR) is 68.7 cm³/mol. The maximum absolute atomic E-state index is 12.6. The van der Waals surface area contributed by atoms with Gasteiger partial charge in [-0.2, -0.15) is 4.31 Å². The van der Waals surface area contributed by atoms with E-state index in [1.807, 2.05) is 6.92 Å². The Morgan fingerprint density at radius 1 is 1.44 bits per heavy atom. The van der Waals surface area contributed by atoms with Gasteiger partial charge in [0, 0.05) is 18.6 Å². The normalized spacial score (nSPS) is 26.4. The molecule has 0 bridgehead atoms. The number of nitrogens with zero attached hydrogens (tertiary/aromatic N) is 1. The third-order valence-corrected chi connectivity index (χ3v) is 5.56. The Labute approximate surface area is 108 Å². The number of sulfonamides is 1. The standard InChI is InChI=1S/C12H20N2O3S/c1-8-6-11(13)4-5-14(8)18(15,16)12-7-9(2)17-10(12)3/h7-8,11H,4-6,13H2,1-3H3/t8-,11+/m0/s1. The second-order valence-corrected chi connectivity index (χ2v) is 6.89. The van der Waals surface area contributed by atoms with Crippen LogP contribution in [0, 0.1) is 13.8 Å². The molecule has 0 spiro atoms. The Bertz CT molecular complexity index is 536. The number of hydrogen-bond acceptors (Lipinski definition) is 4. The van der Waals surface area contributed by atoms with Gasteiger partial charge in [0.15, 0.2) is 0 Å². The highest BCUT2D eigenvalue weighted by Gasteiger charge is 2.35. The van der Waals surface area contributed by atoms with Gasteiger partial charge in [-0.3, -0.25) is 0 Å². The number of nitrogens with two attached hydrogens (primary N) is 1. The summed E-state index contributed by atoms with van der Waals surface area (Å²) in [5.74, 6) is 1.07. The molecule has 2 heterocycles. The number of furan rings is 1. The van der Waals surface area contributed by atoms with E-state index in [-0.39, 0.29) is 17.0 Å². The molecule has 2 N–H and O–H groups in total. The van der Waals surface area contributed by atoms with Gasteiger partial charge in [-0.05, 0) is 39.7 Å². The minimum atomic E-state index is -3.46. The lowest BCUT2D eigenvalue weighted by molar-refractivity contribution is 0.247. The molecule has 0 saturated carbocycles. The van der Waals surface area contributed by atoms with Crippen LogP contribution >= 0.6 is 0 Å². The Morgan fingerprint density at radius 3 is 2.61 bits per heavy atom. The van der Waals surface area contributed by atoms with Gasteiger partial charge in [-0.1, -0.05) is 0 Å².